The molecule has 1 aromatic rings. The van der Waals surface area contributed by atoms with Crippen LogP contribution in [0.1, 0.15) is 29.6 Å². The maximum Gasteiger partial charge on any atom is 0.309 e. The molecule has 1 aromatic carbocycles. The Morgan fingerprint density at radius 2 is 1.78 bits per heavy atom. The number of carboxylic acids is 1. The molecule has 27 heavy (non-hydrogen) atoms. The molecule has 2 aliphatic rings. The van der Waals surface area contributed by atoms with E-state index in [0.717, 1.165) is 6.07 Å². The summed E-state index contributed by atoms with van der Waals surface area (Å²) >= 11 is 0. The van der Waals surface area contributed by atoms with Crippen LogP contribution in [0.15, 0.2) is 12.1 Å². The maximum absolute atomic E-state index is 14.4. The smallest absolute Gasteiger partial charge is 0.309 e. The van der Waals surface area contributed by atoms with Gasteiger partial charge in [-0.15, -0.1) is 0 Å². The van der Waals surface area contributed by atoms with E-state index in [0.29, 0.717) is 44.7 Å². The summed E-state index contributed by atoms with van der Waals surface area (Å²) in [6.45, 7) is 1.32. The Kier molecular flexibility index (Phi) is 5.84. The number of aliphatic carboxylic acids is 1. The summed E-state index contributed by atoms with van der Waals surface area (Å²) in [4.78, 5) is 25.7. The molecule has 0 radical (unpaired) electrons. The Morgan fingerprint density at radius 1 is 1.15 bits per heavy atom. The molecule has 8 heteroatoms. The zero-order valence-corrected chi connectivity index (χ0v) is 15.4. The van der Waals surface area contributed by atoms with Gasteiger partial charge in [-0.2, -0.15) is 0 Å². The second-order valence-corrected chi connectivity index (χ2v) is 6.89. The first kappa shape index (κ1) is 19.4. The highest BCUT2D eigenvalue weighted by atomic mass is 19.1. The summed E-state index contributed by atoms with van der Waals surface area (Å²) in [7, 11) is 2.83. The number of halogens is 1. The topological polar surface area (TPSA) is 85.3 Å². The molecule has 0 bridgehead atoms. The molecule has 0 aliphatic carbocycles. The van der Waals surface area contributed by atoms with Gasteiger partial charge in [-0.3, -0.25) is 9.59 Å². The molecule has 1 N–H and O–H groups in total. The lowest BCUT2D eigenvalue weighted by molar-refractivity contribution is -0.145. The van der Waals surface area contributed by atoms with Gasteiger partial charge in [0, 0.05) is 25.8 Å². The SMILES string of the molecule is COc1cc(F)c(C(=O)N2CCC([C@@H]3OCCC3C(=O)O)CC2)cc1OC. The lowest BCUT2D eigenvalue weighted by Gasteiger charge is -2.35. The van der Waals surface area contributed by atoms with Crippen molar-refractivity contribution in [2.75, 3.05) is 33.9 Å². The van der Waals surface area contributed by atoms with E-state index in [9.17, 15) is 19.1 Å². The number of rotatable bonds is 5. The van der Waals surface area contributed by atoms with E-state index in [1.807, 2.05) is 0 Å². The first-order chi connectivity index (χ1) is 13.0. The summed E-state index contributed by atoms with van der Waals surface area (Å²) in [5, 5.41) is 9.32. The van der Waals surface area contributed by atoms with Crippen molar-refractivity contribution in [2.45, 2.75) is 25.4 Å². The Bertz CT molecular complexity index is 716. The number of carbonyl (C=O) groups excluding carboxylic acids is 1. The lowest BCUT2D eigenvalue weighted by atomic mass is 9.84. The van der Waals surface area contributed by atoms with Crippen LogP contribution in [0, 0.1) is 17.7 Å². The molecule has 7 nitrogen and oxygen atoms in total. The van der Waals surface area contributed by atoms with E-state index in [-0.39, 0.29) is 23.3 Å². The summed E-state index contributed by atoms with van der Waals surface area (Å²) < 4.78 is 30.2. The molecule has 2 saturated heterocycles. The number of amides is 1. The van der Waals surface area contributed by atoms with Crippen LogP contribution in [0.5, 0.6) is 11.5 Å². The number of hydrogen-bond donors (Lipinski definition) is 1. The van der Waals surface area contributed by atoms with Gasteiger partial charge in [-0.1, -0.05) is 0 Å². The van der Waals surface area contributed by atoms with Crippen molar-refractivity contribution < 1.29 is 33.3 Å². The summed E-state index contributed by atoms with van der Waals surface area (Å²) in [6, 6.07) is 2.49. The van der Waals surface area contributed by atoms with E-state index in [1.54, 1.807) is 4.90 Å². The fraction of sp³-hybridized carbons (Fsp3) is 0.579. The lowest BCUT2D eigenvalue weighted by Crippen LogP contribution is -2.43. The number of carboxylic acid groups (broad SMARTS) is 1. The number of benzene rings is 1. The van der Waals surface area contributed by atoms with Gasteiger partial charge in [0.25, 0.3) is 5.91 Å². The highest BCUT2D eigenvalue weighted by molar-refractivity contribution is 5.95. The van der Waals surface area contributed by atoms with Gasteiger partial charge in [-0.05, 0) is 31.2 Å². The van der Waals surface area contributed by atoms with Crippen molar-refractivity contribution in [3.05, 3.63) is 23.5 Å². The fourth-order valence-corrected chi connectivity index (χ4v) is 3.96. The van der Waals surface area contributed by atoms with Crippen molar-refractivity contribution in [2.24, 2.45) is 11.8 Å². The highest BCUT2D eigenvalue weighted by Gasteiger charge is 2.41. The number of hydrogen-bond acceptors (Lipinski definition) is 5. The molecule has 3 rings (SSSR count). The molecule has 2 aliphatic heterocycles. The quantitative estimate of drug-likeness (QED) is 0.842. The molecule has 148 valence electrons. The van der Waals surface area contributed by atoms with Crippen LogP contribution in [-0.2, 0) is 9.53 Å². The van der Waals surface area contributed by atoms with Crippen LogP contribution in [0.3, 0.4) is 0 Å². The van der Waals surface area contributed by atoms with Gasteiger partial charge in [0.1, 0.15) is 5.82 Å². The van der Waals surface area contributed by atoms with Crippen molar-refractivity contribution in [1.82, 2.24) is 4.90 Å². The van der Waals surface area contributed by atoms with Gasteiger partial charge < -0.3 is 24.2 Å². The third-order valence-electron chi connectivity index (χ3n) is 5.45. The molecule has 0 aromatic heterocycles. The van der Waals surface area contributed by atoms with E-state index in [1.165, 1.54) is 20.3 Å². The van der Waals surface area contributed by atoms with Crippen LogP contribution in [-0.4, -0.2) is 61.9 Å². The molecule has 0 spiro atoms. The Morgan fingerprint density at radius 3 is 2.37 bits per heavy atom. The highest BCUT2D eigenvalue weighted by Crippen LogP contribution is 2.35. The standard InChI is InChI=1S/C19H24FNO6/c1-25-15-9-13(14(20)10-16(15)26-2)18(22)21-6-3-11(4-7-21)17-12(19(23)24)5-8-27-17/h9-12,17H,3-8H2,1-2H3,(H,23,24)/t12?,17-/m0/s1. The van der Waals surface area contributed by atoms with Crippen molar-refractivity contribution >= 4 is 11.9 Å². The average Bonchev–Trinajstić information content (AvgIpc) is 3.17. The third-order valence-corrected chi connectivity index (χ3v) is 5.45. The molecular weight excluding hydrogens is 357 g/mol. The van der Waals surface area contributed by atoms with Gasteiger partial charge in [0.2, 0.25) is 0 Å². The van der Waals surface area contributed by atoms with Crippen LogP contribution in [0.2, 0.25) is 0 Å². The molecule has 1 unspecified atom stereocenters. The number of nitrogens with zero attached hydrogens (tertiary/aromatic N) is 1. The van der Waals surface area contributed by atoms with Gasteiger partial charge >= 0.3 is 5.97 Å². The normalized spacial score (nSPS) is 23.3. The molecule has 1 amide bonds. The monoisotopic (exact) mass is 381 g/mol. The molecule has 0 saturated carbocycles. The predicted molar refractivity (Wildman–Crippen MR) is 93.6 cm³/mol. The van der Waals surface area contributed by atoms with E-state index < -0.39 is 23.6 Å². The van der Waals surface area contributed by atoms with E-state index >= 15 is 0 Å². The second-order valence-electron chi connectivity index (χ2n) is 6.89. The fourth-order valence-electron chi connectivity index (χ4n) is 3.96. The molecule has 2 atom stereocenters. The number of ether oxygens (including phenoxy) is 3. The number of likely N-dealkylation sites (tertiary alicyclic amines) is 1. The third kappa shape index (κ3) is 3.85. The van der Waals surface area contributed by atoms with Crippen molar-refractivity contribution in [1.29, 1.82) is 0 Å². The van der Waals surface area contributed by atoms with E-state index in [4.69, 9.17) is 14.2 Å². The van der Waals surface area contributed by atoms with Gasteiger partial charge in [0.15, 0.2) is 11.5 Å². The maximum atomic E-state index is 14.4. The zero-order valence-electron chi connectivity index (χ0n) is 15.4. The first-order valence-corrected chi connectivity index (χ1v) is 9.01. The molecular formula is C19H24FNO6. The number of methoxy groups -OCH3 is 2. The van der Waals surface area contributed by atoms with Crippen molar-refractivity contribution in [3.63, 3.8) is 0 Å². The summed E-state index contributed by atoms with van der Waals surface area (Å²) in [5.41, 5.74) is -0.0633. The van der Waals surface area contributed by atoms with E-state index in [2.05, 4.69) is 0 Å². The molecule has 2 heterocycles. The summed E-state index contributed by atoms with van der Waals surface area (Å²) in [5.74, 6) is -1.78. The Hall–Kier alpha value is -2.35. The largest absolute Gasteiger partial charge is 0.493 e. The zero-order chi connectivity index (χ0) is 19.6. The number of carbonyl (C=O) groups is 2. The summed E-state index contributed by atoms with van der Waals surface area (Å²) in [6.07, 6.45) is 1.48. The van der Waals surface area contributed by atoms with Crippen LogP contribution in [0.25, 0.3) is 0 Å². The van der Waals surface area contributed by atoms with Crippen LogP contribution in [0.4, 0.5) is 4.39 Å². The number of piperidine rings is 1. The molecule has 2 fully saturated rings. The minimum Gasteiger partial charge on any atom is -0.493 e. The Labute approximate surface area is 157 Å². The van der Waals surface area contributed by atoms with Crippen molar-refractivity contribution in [3.8, 4) is 11.5 Å². The average molecular weight is 381 g/mol. The van der Waals surface area contributed by atoms with Gasteiger partial charge in [-0.25, -0.2) is 4.39 Å². The second kappa shape index (κ2) is 8.12. The van der Waals surface area contributed by atoms with Gasteiger partial charge in [0.05, 0.1) is 31.8 Å². The minimum atomic E-state index is -0.830. The first-order valence-electron chi connectivity index (χ1n) is 9.01. The minimum absolute atomic E-state index is 0.0633. The Balaban J connectivity index is 1.68. The predicted octanol–water partition coefficient (Wildman–Crippen LogP) is 2.18. The van der Waals surface area contributed by atoms with Crippen LogP contribution >= 0.6 is 0 Å². The van der Waals surface area contributed by atoms with Crippen LogP contribution < -0.4 is 9.47 Å².